The summed E-state index contributed by atoms with van der Waals surface area (Å²) in [6.07, 6.45) is 3.96. The minimum absolute atomic E-state index is 0.0920. The van der Waals surface area contributed by atoms with Gasteiger partial charge in [0, 0.05) is 26.7 Å². The van der Waals surface area contributed by atoms with E-state index in [9.17, 15) is 9.90 Å². The maximum atomic E-state index is 11.8. The minimum atomic E-state index is -0.790. The van der Waals surface area contributed by atoms with Gasteiger partial charge in [-0.1, -0.05) is 12.8 Å². The van der Waals surface area contributed by atoms with E-state index >= 15 is 0 Å². The number of morpholine rings is 1. The summed E-state index contributed by atoms with van der Waals surface area (Å²) < 4.78 is 5.61. The Morgan fingerprint density at radius 1 is 1.44 bits per heavy atom. The third-order valence-electron chi connectivity index (χ3n) is 4.11. The molecule has 0 unspecified atom stereocenters. The lowest BCUT2D eigenvalue weighted by Crippen LogP contribution is -2.59. The van der Waals surface area contributed by atoms with Crippen LogP contribution in [0.2, 0.25) is 0 Å². The summed E-state index contributed by atoms with van der Waals surface area (Å²) in [6, 6.07) is 0. The van der Waals surface area contributed by atoms with Crippen LogP contribution in [-0.4, -0.2) is 60.4 Å². The van der Waals surface area contributed by atoms with E-state index in [2.05, 4.69) is 10.2 Å². The molecule has 1 heterocycles. The van der Waals surface area contributed by atoms with Crippen LogP contribution in [0.4, 0.5) is 0 Å². The first-order chi connectivity index (χ1) is 8.47. The molecule has 1 amide bonds. The van der Waals surface area contributed by atoms with E-state index in [0.717, 1.165) is 32.2 Å². The van der Waals surface area contributed by atoms with E-state index in [1.807, 2.05) is 6.92 Å². The fraction of sp³-hybridized carbons (Fsp3) is 0.923. The van der Waals surface area contributed by atoms with Gasteiger partial charge in [-0.25, -0.2) is 0 Å². The van der Waals surface area contributed by atoms with Gasteiger partial charge < -0.3 is 15.2 Å². The predicted octanol–water partition coefficient (Wildman–Crippen LogP) is 0.128. The molecule has 5 heteroatoms. The van der Waals surface area contributed by atoms with Crippen molar-refractivity contribution in [1.82, 2.24) is 10.2 Å². The van der Waals surface area contributed by atoms with E-state index in [-0.39, 0.29) is 5.91 Å². The number of carbonyl (C=O) groups excluding carboxylic acids is 1. The second kappa shape index (κ2) is 5.15. The standard InChI is InChI=1S/C13H24N2O3/c1-12(11(16)14-2)9-15(7-8-18-12)10-13(17)5-3-4-6-13/h17H,3-10H2,1-2H3,(H,14,16)/t12-/m1/s1. The van der Waals surface area contributed by atoms with Gasteiger partial charge in [0.1, 0.15) is 0 Å². The molecule has 2 aliphatic rings. The van der Waals surface area contributed by atoms with E-state index in [1.165, 1.54) is 0 Å². The van der Waals surface area contributed by atoms with Crippen molar-refractivity contribution in [3.8, 4) is 0 Å². The van der Waals surface area contributed by atoms with Gasteiger partial charge in [-0.2, -0.15) is 0 Å². The third-order valence-corrected chi connectivity index (χ3v) is 4.11. The Balaban J connectivity index is 1.96. The van der Waals surface area contributed by atoms with E-state index in [4.69, 9.17) is 4.74 Å². The zero-order valence-electron chi connectivity index (χ0n) is 11.4. The number of amides is 1. The highest BCUT2D eigenvalue weighted by Gasteiger charge is 2.41. The predicted molar refractivity (Wildman–Crippen MR) is 68.3 cm³/mol. The Labute approximate surface area is 108 Å². The van der Waals surface area contributed by atoms with Crippen molar-refractivity contribution < 1.29 is 14.6 Å². The van der Waals surface area contributed by atoms with Crippen LogP contribution < -0.4 is 5.32 Å². The lowest BCUT2D eigenvalue weighted by molar-refractivity contribution is -0.159. The highest BCUT2D eigenvalue weighted by Crippen LogP contribution is 2.31. The maximum Gasteiger partial charge on any atom is 0.253 e. The first-order valence-corrected chi connectivity index (χ1v) is 6.78. The van der Waals surface area contributed by atoms with Crippen molar-refractivity contribution in [1.29, 1.82) is 0 Å². The van der Waals surface area contributed by atoms with Crippen molar-refractivity contribution in [2.45, 2.75) is 43.8 Å². The number of β-amino-alcohol motifs (C(OH)–C–C–N with tert-alkyl or cyclic N) is 1. The molecule has 0 aromatic heterocycles. The van der Waals surface area contributed by atoms with Crippen molar-refractivity contribution in [3.63, 3.8) is 0 Å². The molecular formula is C13H24N2O3. The molecule has 0 bridgehead atoms. The molecule has 1 aliphatic carbocycles. The Kier molecular flexibility index (Phi) is 3.94. The zero-order valence-corrected chi connectivity index (χ0v) is 11.4. The molecule has 5 nitrogen and oxygen atoms in total. The summed E-state index contributed by atoms with van der Waals surface area (Å²) in [4.78, 5) is 14.0. The van der Waals surface area contributed by atoms with Gasteiger partial charge in [0.25, 0.3) is 5.91 Å². The number of carbonyl (C=O) groups is 1. The fourth-order valence-corrected chi connectivity index (χ4v) is 3.10. The monoisotopic (exact) mass is 256 g/mol. The van der Waals surface area contributed by atoms with Crippen LogP contribution >= 0.6 is 0 Å². The molecule has 0 aromatic carbocycles. The van der Waals surface area contributed by atoms with Gasteiger partial charge in [0.15, 0.2) is 5.60 Å². The van der Waals surface area contributed by atoms with Crippen molar-refractivity contribution >= 4 is 5.91 Å². The number of likely N-dealkylation sites (N-methyl/N-ethyl adjacent to an activating group) is 1. The summed E-state index contributed by atoms with van der Waals surface area (Å²) in [5.41, 5.74) is -1.34. The van der Waals surface area contributed by atoms with Crippen molar-refractivity contribution in [3.05, 3.63) is 0 Å². The van der Waals surface area contributed by atoms with Crippen LogP contribution in [0.15, 0.2) is 0 Å². The molecule has 1 saturated carbocycles. The van der Waals surface area contributed by atoms with Gasteiger partial charge in [-0.15, -0.1) is 0 Å². The largest absolute Gasteiger partial charge is 0.389 e. The Hall–Kier alpha value is -0.650. The topological polar surface area (TPSA) is 61.8 Å². The van der Waals surface area contributed by atoms with Crippen LogP contribution in [0.5, 0.6) is 0 Å². The van der Waals surface area contributed by atoms with Gasteiger partial charge >= 0.3 is 0 Å². The SMILES string of the molecule is CNC(=O)[C@@]1(C)CN(CC2(O)CCCC2)CCO1. The minimum Gasteiger partial charge on any atom is -0.389 e. The number of hydrogen-bond donors (Lipinski definition) is 2. The van der Waals surface area contributed by atoms with Gasteiger partial charge in [0.2, 0.25) is 0 Å². The molecule has 2 N–H and O–H groups in total. The quantitative estimate of drug-likeness (QED) is 0.753. The molecule has 1 atom stereocenters. The second-order valence-corrected chi connectivity index (χ2v) is 5.80. The number of aliphatic hydroxyl groups is 1. The highest BCUT2D eigenvalue weighted by molar-refractivity contribution is 5.84. The molecule has 2 rings (SSSR count). The first-order valence-electron chi connectivity index (χ1n) is 6.78. The summed E-state index contributed by atoms with van der Waals surface area (Å²) in [5.74, 6) is -0.0920. The van der Waals surface area contributed by atoms with Crippen LogP contribution in [0.1, 0.15) is 32.6 Å². The maximum absolute atomic E-state index is 11.8. The van der Waals surface area contributed by atoms with Crippen molar-refractivity contribution in [2.24, 2.45) is 0 Å². The molecule has 18 heavy (non-hydrogen) atoms. The van der Waals surface area contributed by atoms with Gasteiger partial charge in [-0.05, 0) is 19.8 Å². The zero-order chi connectivity index (χ0) is 13.2. The molecule has 104 valence electrons. The van der Waals surface area contributed by atoms with Crippen LogP contribution in [0.25, 0.3) is 0 Å². The normalized spacial score (nSPS) is 32.4. The molecule has 0 aromatic rings. The third kappa shape index (κ3) is 2.84. The van der Waals surface area contributed by atoms with E-state index < -0.39 is 11.2 Å². The smallest absolute Gasteiger partial charge is 0.253 e. The van der Waals surface area contributed by atoms with Gasteiger partial charge in [0.05, 0.1) is 12.2 Å². The van der Waals surface area contributed by atoms with Crippen LogP contribution in [0.3, 0.4) is 0 Å². The Morgan fingerprint density at radius 2 is 2.11 bits per heavy atom. The number of rotatable bonds is 3. The molecule has 1 aliphatic heterocycles. The number of nitrogens with one attached hydrogen (secondary N) is 1. The average molecular weight is 256 g/mol. The Bertz CT molecular complexity index is 315. The summed E-state index contributed by atoms with van der Waals surface area (Å²) >= 11 is 0. The molecular weight excluding hydrogens is 232 g/mol. The highest BCUT2D eigenvalue weighted by atomic mass is 16.5. The molecule has 0 spiro atoms. The second-order valence-electron chi connectivity index (χ2n) is 5.80. The molecule has 2 fully saturated rings. The average Bonchev–Trinajstić information content (AvgIpc) is 2.74. The number of ether oxygens (including phenoxy) is 1. The van der Waals surface area contributed by atoms with E-state index in [1.54, 1.807) is 7.05 Å². The molecule has 1 saturated heterocycles. The number of hydrogen-bond acceptors (Lipinski definition) is 4. The first kappa shape index (κ1) is 13.8. The fourth-order valence-electron chi connectivity index (χ4n) is 3.10. The lowest BCUT2D eigenvalue weighted by Gasteiger charge is -2.41. The molecule has 0 radical (unpaired) electrons. The van der Waals surface area contributed by atoms with Crippen molar-refractivity contribution in [2.75, 3.05) is 33.3 Å². The van der Waals surface area contributed by atoms with Crippen LogP contribution in [0, 0.1) is 0 Å². The Morgan fingerprint density at radius 3 is 2.72 bits per heavy atom. The van der Waals surface area contributed by atoms with Gasteiger partial charge in [-0.3, -0.25) is 9.69 Å². The number of nitrogens with zero attached hydrogens (tertiary/aromatic N) is 1. The van der Waals surface area contributed by atoms with Crippen LogP contribution in [-0.2, 0) is 9.53 Å². The van der Waals surface area contributed by atoms with E-state index in [0.29, 0.717) is 19.7 Å². The lowest BCUT2D eigenvalue weighted by atomic mass is 9.98. The summed E-state index contributed by atoms with van der Waals surface area (Å²) in [6.45, 7) is 4.35. The summed E-state index contributed by atoms with van der Waals surface area (Å²) in [5, 5.41) is 13.1. The summed E-state index contributed by atoms with van der Waals surface area (Å²) in [7, 11) is 1.63.